The molecule has 2 unspecified atom stereocenters. The van der Waals surface area contributed by atoms with Crippen molar-refractivity contribution in [2.45, 2.75) is 42.7 Å². The van der Waals surface area contributed by atoms with E-state index in [1.54, 1.807) is 27.2 Å². The van der Waals surface area contributed by atoms with E-state index in [2.05, 4.69) is 51.7 Å². The quantitative estimate of drug-likeness (QED) is 0.301. The van der Waals surface area contributed by atoms with Crippen LogP contribution in [0.3, 0.4) is 0 Å². The van der Waals surface area contributed by atoms with Crippen molar-refractivity contribution < 1.29 is 8.42 Å². The van der Waals surface area contributed by atoms with Gasteiger partial charge in [0.15, 0.2) is 5.96 Å². The van der Waals surface area contributed by atoms with Crippen LogP contribution < -0.4 is 10.6 Å². The van der Waals surface area contributed by atoms with E-state index < -0.39 is 10.0 Å². The molecule has 2 atom stereocenters. The number of nitrogens with zero attached hydrogens (tertiary/aromatic N) is 3. The van der Waals surface area contributed by atoms with E-state index in [9.17, 15) is 8.42 Å². The van der Waals surface area contributed by atoms with Crippen LogP contribution in [0.25, 0.3) is 0 Å². The third-order valence-corrected chi connectivity index (χ3v) is 8.67. The zero-order valence-corrected chi connectivity index (χ0v) is 22.4. The van der Waals surface area contributed by atoms with Crippen LogP contribution in [-0.4, -0.2) is 63.4 Å². The first-order valence-corrected chi connectivity index (χ1v) is 12.3. The number of likely N-dealkylation sites (tertiary alicyclic amines) is 1. The van der Waals surface area contributed by atoms with Crippen molar-refractivity contribution in [2.75, 3.05) is 27.7 Å². The molecule has 7 nitrogen and oxygen atoms in total. The fraction of sp³-hybridized carbons (Fsp3) is 0.476. The van der Waals surface area contributed by atoms with Crippen molar-refractivity contribution in [1.82, 2.24) is 19.8 Å². The van der Waals surface area contributed by atoms with Crippen LogP contribution in [0.1, 0.15) is 23.8 Å². The molecule has 0 saturated carbocycles. The topological polar surface area (TPSA) is 77.0 Å². The minimum Gasteiger partial charge on any atom is -0.352 e. The molecule has 1 aliphatic rings. The lowest BCUT2D eigenvalue weighted by Crippen LogP contribution is -2.44. The highest BCUT2D eigenvalue weighted by Crippen LogP contribution is 2.24. The normalized spacial score (nSPS) is 20.0. The molecule has 0 radical (unpaired) electrons. The van der Waals surface area contributed by atoms with Gasteiger partial charge in [-0.2, -0.15) is 0 Å². The minimum atomic E-state index is -3.38. The lowest BCUT2D eigenvalue weighted by molar-refractivity contribution is 0.258. The Kier molecular flexibility index (Phi) is 9.74. The summed E-state index contributed by atoms with van der Waals surface area (Å²) >= 11 is 1.28. The van der Waals surface area contributed by atoms with Gasteiger partial charge in [-0.1, -0.05) is 30.3 Å². The summed E-state index contributed by atoms with van der Waals surface area (Å²) in [5.74, 6) is 0.735. The number of rotatable bonds is 7. The van der Waals surface area contributed by atoms with Crippen molar-refractivity contribution in [3.63, 3.8) is 0 Å². The van der Waals surface area contributed by atoms with E-state index in [1.165, 1.54) is 21.2 Å². The summed E-state index contributed by atoms with van der Waals surface area (Å²) in [7, 11) is 1.46. The van der Waals surface area contributed by atoms with Crippen LogP contribution in [0.5, 0.6) is 0 Å². The number of nitrogens with one attached hydrogen (secondary N) is 2. The number of halogens is 1. The summed E-state index contributed by atoms with van der Waals surface area (Å²) in [6.45, 7) is 4.70. The van der Waals surface area contributed by atoms with Gasteiger partial charge in [-0.15, -0.1) is 35.3 Å². The number of guanidine groups is 1. The second kappa shape index (κ2) is 11.6. The molecule has 10 heteroatoms. The first-order valence-electron chi connectivity index (χ1n) is 10.1. The number of sulfonamides is 1. The Morgan fingerprint density at radius 1 is 1.23 bits per heavy atom. The third kappa shape index (κ3) is 6.88. The third-order valence-electron chi connectivity index (χ3n) is 5.30. The predicted octanol–water partition coefficient (Wildman–Crippen LogP) is 2.94. The Bertz CT molecular complexity index is 963. The van der Waals surface area contributed by atoms with Gasteiger partial charge in [0.05, 0.1) is 6.54 Å². The zero-order valence-electron chi connectivity index (χ0n) is 18.4. The SMILES string of the molecule is CN=C(NCc1ccc(S(=O)(=O)N(C)C)s1)NC1CC(C)N(Cc2ccccc2)C1.I. The van der Waals surface area contributed by atoms with Gasteiger partial charge < -0.3 is 10.6 Å². The highest BCUT2D eigenvalue weighted by atomic mass is 127. The van der Waals surface area contributed by atoms with Gasteiger partial charge in [0.25, 0.3) is 10.0 Å². The number of benzene rings is 1. The molecule has 2 N–H and O–H groups in total. The molecular formula is C21H32IN5O2S2. The van der Waals surface area contributed by atoms with Gasteiger partial charge in [0.2, 0.25) is 0 Å². The van der Waals surface area contributed by atoms with Crippen molar-refractivity contribution in [2.24, 2.45) is 4.99 Å². The van der Waals surface area contributed by atoms with Gasteiger partial charge >= 0.3 is 0 Å². The number of thiophene rings is 1. The maximum Gasteiger partial charge on any atom is 0.252 e. The summed E-state index contributed by atoms with van der Waals surface area (Å²) in [6.07, 6.45) is 1.05. The molecule has 1 aromatic heterocycles. The van der Waals surface area contributed by atoms with E-state index in [4.69, 9.17) is 0 Å². The monoisotopic (exact) mass is 577 g/mol. The van der Waals surface area contributed by atoms with Gasteiger partial charge in [-0.05, 0) is 31.0 Å². The molecule has 0 spiro atoms. The molecule has 0 amide bonds. The van der Waals surface area contributed by atoms with Gasteiger partial charge in [0.1, 0.15) is 4.21 Å². The summed E-state index contributed by atoms with van der Waals surface area (Å²) in [5, 5.41) is 6.82. The molecule has 3 rings (SSSR count). The molecule has 0 bridgehead atoms. The van der Waals surface area contributed by atoms with Gasteiger partial charge in [-0.3, -0.25) is 9.89 Å². The predicted molar refractivity (Wildman–Crippen MR) is 139 cm³/mol. The second-order valence-corrected chi connectivity index (χ2v) is 11.3. The summed E-state index contributed by atoms with van der Waals surface area (Å²) in [5.41, 5.74) is 1.33. The first-order chi connectivity index (χ1) is 14.3. The molecule has 0 aliphatic carbocycles. The summed E-state index contributed by atoms with van der Waals surface area (Å²) in [6, 6.07) is 14.9. The smallest absolute Gasteiger partial charge is 0.252 e. The molecule has 1 aromatic carbocycles. The maximum absolute atomic E-state index is 12.2. The van der Waals surface area contributed by atoms with Gasteiger partial charge in [0, 0.05) is 51.2 Å². The summed E-state index contributed by atoms with van der Waals surface area (Å²) in [4.78, 5) is 7.77. The molecule has 172 valence electrons. The maximum atomic E-state index is 12.2. The van der Waals surface area contributed by atoms with Crippen LogP contribution in [-0.2, 0) is 23.1 Å². The zero-order chi connectivity index (χ0) is 21.7. The first kappa shape index (κ1) is 26.0. The fourth-order valence-corrected chi connectivity index (χ4v) is 6.04. The Balaban J connectivity index is 0.00000341. The van der Waals surface area contributed by atoms with Crippen molar-refractivity contribution in [1.29, 1.82) is 0 Å². The molecular weight excluding hydrogens is 545 g/mol. The Morgan fingerprint density at radius 3 is 2.58 bits per heavy atom. The number of aliphatic imine (C=N–C) groups is 1. The Hall–Kier alpha value is -1.21. The highest BCUT2D eigenvalue weighted by Gasteiger charge is 2.29. The van der Waals surface area contributed by atoms with E-state index in [0.717, 1.165) is 30.3 Å². The van der Waals surface area contributed by atoms with E-state index in [0.29, 0.717) is 22.8 Å². The Morgan fingerprint density at radius 2 is 1.94 bits per heavy atom. The van der Waals surface area contributed by atoms with E-state index in [-0.39, 0.29) is 24.0 Å². The minimum absolute atomic E-state index is 0. The average Bonchev–Trinajstić information content (AvgIpc) is 3.33. The average molecular weight is 578 g/mol. The number of hydrogen-bond donors (Lipinski definition) is 2. The number of hydrogen-bond acceptors (Lipinski definition) is 5. The molecule has 1 saturated heterocycles. The molecule has 2 aromatic rings. The molecule has 1 aliphatic heterocycles. The van der Waals surface area contributed by atoms with Crippen LogP contribution in [0.4, 0.5) is 0 Å². The van der Waals surface area contributed by atoms with Gasteiger partial charge in [-0.25, -0.2) is 12.7 Å². The molecule has 2 heterocycles. The van der Waals surface area contributed by atoms with Crippen LogP contribution in [0.15, 0.2) is 51.7 Å². The highest BCUT2D eigenvalue weighted by molar-refractivity contribution is 14.0. The largest absolute Gasteiger partial charge is 0.352 e. The lowest BCUT2D eigenvalue weighted by Gasteiger charge is -2.21. The molecule has 31 heavy (non-hydrogen) atoms. The van der Waals surface area contributed by atoms with Crippen molar-refractivity contribution >= 4 is 51.3 Å². The lowest BCUT2D eigenvalue weighted by atomic mass is 10.2. The van der Waals surface area contributed by atoms with Crippen molar-refractivity contribution in [3.05, 3.63) is 52.9 Å². The summed E-state index contributed by atoms with van der Waals surface area (Å²) < 4.78 is 26.1. The second-order valence-electron chi connectivity index (χ2n) is 7.77. The van der Waals surface area contributed by atoms with E-state index >= 15 is 0 Å². The van der Waals surface area contributed by atoms with E-state index in [1.807, 2.05) is 12.1 Å². The van der Waals surface area contributed by atoms with Crippen LogP contribution in [0.2, 0.25) is 0 Å². The standard InChI is InChI=1S/C21H31N5O2S2.HI/c1-16-12-18(15-26(16)14-17-8-6-5-7-9-17)24-21(22-2)23-13-19-10-11-20(29-19)30(27,28)25(3)4;/h5-11,16,18H,12-15H2,1-4H3,(H2,22,23,24);1H. The van der Waals surface area contributed by atoms with Crippen LogP contribution >= 0.6 is 35.3 Å². The Labute approximate surface area is 207 Å². The molecule has 1 fully saturated rings. The van der Waals surface area contributed by atoms with Crippen LogP contribution in [0, 0.1) is 0 Å². The fourth-order valence-electron chi connectivity index (χ4n) is 3.57. The van der Waals surface area contributed by atoms with Crippen molar-refractivity contribution in [3.8, 4) is 0 Å².